The Kier molecular flexibility index (Phi) is 4.34. The summed E-state index contributed by atoms with van der Waals surface area (Å²) in [7, 11) is 0. The third-order valence-corrected chi connectivity index (χ3v) is 7.31. The van der Waals surface area contributed by atoms with Crippen LogP contribution in [0.25, 0.3) is 0 Å². The molecule has 3 aliphatic carbocycles. The van der Waals surface area contributed by atoms with Gasteiger partial charge in [-0.05, 0) is 55.9 Å². The van der Waals surface area contributed by atoms with Gasteiger partial charge in [0.05, 0.1) is 17.3 Å². The highest BCUT2D eigenvalue weighted by atomic mass is 16.5. The van der Waals surface area contributed by atoms with Crippen molar-refractivity contribution in [3.05, 3.63) is 59.9 Å². The van der Waals surface area contributed by atoms with E-state index in [1.54, 1.807) is 12.3 Å². The van der Waals surface area contributed by atoms with Crippen molar-refractivity contribution in [3.63, 3.8) is 0 Å². The first kappa shape index (κ1) is 19.1. The van der Waals surface area contributed by atoms with Gasteiger partial charge in [-0.25, -0.2) is 0 Å². The van der Waals surface area contributed by atoms with Crippen LogP contribution in [-0.4, -0.2) is 22.5 Å². The number of carbonyl (C=O) groups excluding carboxylic acids is 2. The Bertz CT molecular complexity index is 994. The van der Waals surface area contributed by atoms with Crippen molar-refractivity contribution in [1.29, 1.82) is 0 Å². The van der Waals surface area contributed by atoms with Crippen molar-refractivity contribution < 1.29 is 14.3 Å². The van der Waals surface area contributed by atoms with E-state index in [2.05, 4.69) is 22.5 Å². The van der Waals surface area contributed by atoms with Crippen molar-refractivity contribution in [2.45, 2.75) is 51.3 Å². The number of fused-ring (bicyclic) bond motifs is 3. The Morgan fingerprint density at radius 3 is 2.83 bits per heavy atom. The van der Waals surface area contributed by atoms with Crippen LogP contribution < -0.4 is 15.4 Å². The maximum Gasteiger partial charge on any atom is 0.258 e. The fourth-order valence-electron chi connectivity index (χ4n) is 5.68. The molecule has 1 spiro atoms. The molecule has 0 radical (unpaired) electrons. The summed E-state index contributed by atoms with van der Waals surface area (Å²) in [6, 6.07) is 13.0. The molecule has 6 rings (SSSR count). The molecule has 3 fully saturated rings. The van der Waals surface area contributed by atoms with Crippen molar-refractivity contribution in [1.82, 2.24) is 15.6 Å². The van der Waals surface area contributed by atoms with E-state index in [-0.39, 0.29) is 35.1 Å². The molecular formula is C24H27N3O3. The number of rotatable bonds is 3. The second-order valence-electron chi connectivity index (χ2n) is 9.28. The lowest BCUT2D eigenvalue weighted by Gasteiger charge is -2.59. The molecule has 6 heteroatoms. The van der Waals surface area contributed by atoms with Gasteiger partial charge >= 0.3 is 0 Å². The first-order valence-corrected chi connectivity index (χ1v) is 10.7. The first-order chi connectivity index (χ1) is 14.4. The average Bonchev–Trinajstić information content (AvgIpc) is 2.74. The van der Waals surface area contributed by atoms with Crippen molar-refractivity contribution in [2.75, 3.05) is 0 Å². The van der Waals surface area contributed by atoms with E-state index in [1.807, 2.05) is 43.3 Å². The summed E-state index contributed by atoms with van der Waals surface area (Å²) in [6.07, 6.45) is 4.99. The largest absolute Gasteiger partial charge is 0.467 e. The first-order valence-electron chi connectivity index (χ1n) is 10.7. The number of benzene rings is 1. The maximum atomic E-state index is 13.2. The lowest BCUT2D eigenvalue weighted by Crippen LogP contribution is -2.69. The lowest BCUT2D eigenvalue weighted by molar-refractivity contribution is -0.167. The molecule has 30 heavy (non-hydrogen) atoms. The second kappa shape index (κ2) is 6.83. The van der Waals surface area contributed by atoms with Crippen LogP contribution in [-0.2, 0) is 4.79 Å². The predicted octanol–water partition coefficient (Wildman–Crippen LogP) is 3.60. The molecule has 2 N–H and O–H groups in total. The second-order valence-corrected chi connectivity index (χ2v) is 9.28. The lowest BCUT2D eigenvalue weighted by atomic mass is 9.52. The zero-order chi connectivity index (χ0) is 20.9. The van der Waals surface area contributed by atoms with E-state index in [9.17, 15) is 9.59 Å². The molecule has 2 aromatic rings. The van der Waals surface area contributed by atoms with Crippen molar-refractivity contribution in [3.8, 4) is 5.75 Å². The van der Waals surface area contributed by atoms with Crippen LogP contribution in [0.15, 0.2) is 48.7 Å². The number of carbonyl (C=O) groups is 2. The SMILES string of the molecule is C[C@H](NC(=O)[C@H]1C[C@H]2CC[C@@]1(C)C[C@]21NC(=O)c2ccccc2O1)c1ccccn1. The van der Waals surface area contributed by atoms with E-state index in [1.165, 1.54) is 0 Å². The summed E-state index contributed by atoms with van der Waals surface area (Å²) in [5.74, 6) is 0.626. The Labute approximate surface area is 176 Å². The van der Waals surface area contributed by atoms with Gasteiger partial charge in [-0.15, -0.1) is 0 Å². The molecule has 4 aliphatic rings. The molecule has 2 amide bonds. The summed E-state index contributed by atoms with van der Waals surface area (Å²) in [5.41, 5.74) is 0.477. The van der Waals surface area contributed by atoms with E-state index >= 15 is 0 Å². The zero-order valence-electron chi connectivity index (χ0n) is 17.4. The summed E-state index contributed by atoms with van der Waals surface area (Å²) in [4.78, 5) is 30.4. The van der Waals surface area contributed by atoms with Crippen molar-refractivity contribution >= 4 is 11.8 Å². The fraction of sp³-hybridized carbons (Fsp3) is 0.458. The van der Waals surface area contributed by atoms with E-state index in [0.29, 0.717) is 24.2 Å². The summed E-state index contributed by atoms with van der Waals surface area (Å²) < 4.78 is 6.43. The molecular weight excluding hydrogens is 378 g/mol. The van der Waals surface area contributed by atoms with Crippen LogP contribution in [0.3, 0.4) is 0 Å². The minimum atomic E-state index is -0.720. The Hall–Kier alpha value is -2.89. The van der Waals surface area contributed by atoms with Gasteiger partial charge in [-0.1, -0.05) is 25.1 Å². The number of pyridine rings is 1. The van der Waals surface area contributed by atoms with E-state index in [4.69, 9.17) is 4.74 Å². The van der Waals surface area contributed by atoms with Crippen LogP contribution in [0.4, 0.5) is 0 Å². The highest BCUT2D eigenvalue weighted by Gasteiger charge is 2.61. The smallest absolute Gasteiger partial charge is 0.258 e. The molecule has 0 unspecified atom stereocenters. The molecule has 3 saturated carbocycles. The Balaban J connectivity index is 1.37. The molecule has 2 bridgehead atoms. The van der Waals surface area contributed by atoms with Gasteiger partial charge in [0, 0.05) is 24.5 Å². The minimum Gasteiger partial charge on any atom is -0.467 e. The molecule has 2 heterocycles. The molecule has 1 aliphatic heterocycles. The van der Waals surface area contributed by atoms with E-state index in [0.717, 1.165) is 18.5 Å². The zero-order valence-corrected chi connectivity index (χ0v) is 17.4. The molecule has 156 valence electrons. The monoisotopic (exact) mass is 405 g/mol. The minimum absolute atomic E-state index is 0.0674. The molecule has 1 aromatic heterocycles. The van der Waals surface area contributed by atoms with Crippen LogP contribution in [0.1, 0.15) is 61.6 Å². The number of aromatic nitrogens is 1. The van der Waals surface area contributed by atoms with Gasteiger partial charge in [0.25, 0.3) is 5.91 Å². The third-order valence-electron chi connectivity index (χ3n) is 7.31. The normalized spacial score (nSPS) is 32.7. The molecule has 1 aromatic carbocycles. The van der Waals surface area contributed by atoms with Crippen molar-refractivity contribution in [2.24, 2.45) is 17.3 Å². The Morgan fingerprint density at radius 2 is 2.07 bits per heavy atom. The Morgan fingerprint density at radius 1 is 1.27 bits per heavy atom. The van der Waals surface area contributed by atoms with Crippen LogP contribution in [0.2, 0.25) is 0 Å². The number of amides is 2. The molecule has 6 nitrogen and oxygen atoms in total. The highest BCUT2D eigenvalue weighted by molar-refractivity contribution is 5.98. The topological polar surface area (TPSA) is 80.3 Å². The third kappa shape index (κ3) is 2.97. The van der Waals surface area contributed by atoms with Crippen LogP contribution in [0, 0.1) is 17.3 Å². The predicted molar refractivity (Wildman–Crippen MR) is 112 cm³/mol. The summed E-state index contributed by atoms with van der Waals surface area (Å²) >= 11 is 0. The van der Waals surface area contributed by atoms with Gasteiger partial charge < -0.3 is 15.4 Å². The maximum absolute atomic E-state index is 13.2. The van der Waals surface area contributed by atoms with Crippen LogP contribution in [0.5, 0.6) is 5.75 Å². The van der Waals surface area contributed by atoms with E-state index < -0.39 is 5.72 Å². The number of hydrogen-bond donors (Lipinski definition) is 2. The number of para-hydroxylation sites is 1. The van der Waals surface area contributed by atoms with Gasteiger partial charge in [-0.3, -0.25) is 14.6 Å². The summed E-state index contributed by atoms with van der Waals surface area (Å²) in [6.45, 7) is 4.13. The van der Waals surface area contributed by atoms with Gasteiger partial charge in [0.15, 0.2) is 5.72 Å². The number of ether oxygens (including phenoxy) is 1. The fourth-order valence-corrected chi connectivity index (χ4v) is 5.68. The number of nitrogens with one attached hydrogen (secondary N) is 2. The number of hydrogen-bond acceptors (Lipinski definition) is 4. The van der Waals surface area contributed by atoms with Crippen LogP contribution >= 0.6 is 0 Å². The molecule has 5 atom stereocenters. The average molecular weight is 405 g/mol. The van der Waals surface area contributed by atoms with Gasteiger partial charge in [0.2, 0.25) is 5.91 Å². The highest BCUT2D eigenvalue weighted by Crippen LogP contribution is 2.59. The van der Waals surface area contributed by atoms with Gasteiger partial charge in [0.1, 0.15) is 5.75 Å². The van der Waals surface area contributed by atoms with Gasteiger partial charge in [-0.2, -0.15) is 0 Å². The summed E-state index contributed by atoms with van der Waals surface area (Å²) in [5, 5.41) is 6.33. The standard InChI is InChI=1S/C24H27N3O3/c1-15(19-8-5-6-12-25-19)26-22(29)18-13-16-10-11-23(18,2)14-24(16)27-21(28)17-7-3-4-9-20(17)30-24/h3-9,12,15-16,18H,10-11,13-14H2,1-2H3,(H,26,29)(H,27,28)/t15-,16+,18+,23-,24+/m0/s1. The molecule has 0 saturated heterocycles. The quantitative estimate of drug-likeness (QED) is 0.818. The number of nitrogens with zero attached hydrogens (tertiary/aromatic N) is 1.